The van der Waals surface area contributed by atoms with Crippen LogP contribution in [0.5, 0.6) is 0 Å². The van der Waals surface area contributed by atoms with Gasteiger partial charge in [0.25, 0.3) is 0 Å². The Morgan fingerprint density at radius 1 is 0.730 bits per heavy atom. The Hall–Kier alpha value is -3.79. The summed E-state index contributed by atoms with van der Waals surface area (Å²) in [7, 11) is -3.57. The number of rotatable bonds is 5. The van der Waals surface area contributed by atoms with E-state index in [-0.39, 0.29) is 0 Å². The molecule has 6 rings (SSSR count). The molecular weight excluding hydrogens is 510 g/mol. The van der Waals surface area contributed by atoms with Crippen LogP contribution in [0.4, 0.5) is 5.82 Å². The highest BCUT2D eigenvalue weighted by molar-refractivity contribution is 7.89. The fourth-order valence-electron chi connectivity index (χ4n) is 4.34. The van der Waals surface area contributed by atoms with Crippen molar-refractivity contribution >= 4 is 38.7 Å². The molecule has 0 radical (unpaired) electrons. The van der Waals surface area contributed by atoms with Crippen LogP contribution >= 0.6 is 11.6 Å². The van der Waals surface area contributed by atoms with Crippen molar-refractivity contribution in [1.29, 1.82) is 0 Å². The third-order valence-electron chi connectivity index (χ3n) is 6.28. The summed E-state index contributed by atoms with van der Waals surface area (Å²) in [5, 5.41) is 0.619. The molecule has 0 atom stereocenters. The first-order valence-corrected chi connectivity index (χ1v) is 13.6. The summed E-state index contributed by atoms with van der Waals surface area (Å²) in [5.41, 5.74) is 2.53. The lowest BCUT2D eigenvalue weighted by Crippen LogP contribution is -2.49. The number of fused-ring (bicyclic) bond motifs is 1. The molecule has 0 bridgehead atoms. The van der Waals surface area contributed by atoms with Crippen LogP contribution in [0.3, 0.4) is 0 Å². The molecular formula is C27H22ClN5O3S. The van der Waals surface area contributed by atoms with Crippen LogP contribution in [0.15, 0.2) is 94.2 Å². The molecule has 186 valence electrons. The van der Waals surface area contributed by atoms with E-state index in [1.54, 1.807) is 42.5 Å². The maximum atomic E-state index is 13.1. The molecule has 5 aromatic rings. The molecule has 0 spiro atoms. The number of halogens is 1. The summed E-state index contributed by atoms with van der Waals surface area (Å²) < 4.78 is 33.9. The van der Waals surface area contributed by atoms with E-state index in [1.165, 1.54) is 4.31 Å². The Morgan fingerprint density at radius 3 is 2.05 bits per heavy atom. The number of anilines is 1. The molecule has 2 aromatic heterocycles. The first-order valence-electron chi connectivity index (χ1n) is 11.8. The largest absolute Gasteiger partial charge is 0.430 e. The average Bonchev–Trinajstić information content (AvgIpc) is 3.38. The molecule has 1 aliphatic rings. The van der Waals surface area contributed by atoms with E-state index in [1.807, 2.05) is 47.4 Å². The summed E-state index contributed by atoms with van der Waals surface area (Å²) in [6.07, 6.45) is 0. The Bertz CT molecular complexity index is 1650. The summed E-state index contributed by atoms with van der Waals surface area (Å²) >= 11 is 6.08. The van der Waals surface area contributed by atoms with Crippen molar-refractivity contribution in [1.82, 2.24) is 19.3 Å². The Labute approximate surface area is 219 Å². The molecule has 1 aliphatic heterocycles. The zero-order valence-electron chi connectivity index (χ0n) is 19.7. The van der Waals surface area contributed by atoms with E-state index >= 15 is 0 Å². The van der Waals surface area contributed by atoms with Crippen molar-refractivity contribution in [2.75, 3.05) is 31.1 Å². The van der Waals surface area contributed by atoms with Crippen LogP contribution in [-0.2, 0) is 10.0 Å². The Balaban J connectivity index is 1.37. The number of oxazole rings is 1. The number of hydrogen-bond acceptors (Lipinski definition) is 7. The lowest BCUT2D eigenvalue weighted by Gasteiger charge is -2.34. The smallest absolute Gasteiger partial charge is 0.243 e. The lowest BCUT2D eigenvalue weighted by atomic mass is 10.2. The van der Waals surface area contributed by atoms with Gasteiger partial charge in [0.2, 0.25) is 27.1 Å². The second-order valence-corrected chi connectivity index (χ2v) is 11.0. The first-order chi connectivity index (χ1) is 18.0. The van der Waals surface area contributed by atoms with Crippen molar-refractivity contribution in [3.05, 3.63) is 90.0 Å². The van der Waals surface area contributed by atoms with Crippen molar-refractivity contribution < 1.29 is 12.8 Å². The standard InChI is InChI=1S/C27H22ClN5O3S/c28-21-13-11-19(12-14-21)24-29-25-23(36-27(31-25)20-7-3-1-4-8-20)26(30-24)32-15-17-33(18-16-32)37(34,35)22-9-5-2-6-10-22/h1-14H,15-18H2. The highest BCUT2D eigenvalue weighted by atomic mass is 35.5. The molecule has 10 heteroatoms. The van der Waals surface area contributed by atoms with E-state index in [4.69, 9.17) is 21.0 Å². The molecule has 0 unspecified atom stereocenters. The van der Waals surface area contributed by atoms with Gasteiger partial charge in [0.1, 0.15) is 0 Å². The third kappa shape index (κ3) is 4.57. The number of sulfonamides is 1. The van der Waals surface area contributed by atoms with E-state index < -0.39 is 10.0 Å². The van der Waals surface area contributed by atoms with Gasteiger partial charge in [-0.25, -0.2) is 18.4 Å². The maximum absolute atomic E-state index is 13.1. The zero-order valence-corrected chi connectivity index (χ0v) is 21.2. The molecule has 0 amide bonds. The molecule has 3 aromatic carbocycles. The van der Waals surface area contributed by atoms with Gasteiger partial charge in [0.15, 0.2) is 11.6 Å². The van der Waals surface area contributed by atoms with Gasteiger partial charge < -0.3 is 9.32 Å². The van der Waals surface area contributed by atoms with Gasteiger partial charge in [-0.3, -0.25) is 0 Å². The number of nitrogens with zero attached hydrogens (tertiary/aromatic N) is 5. The highest BCUT2D eigenvalue weighted by Crippen LogP contribution is 2.33. The maximum Gasteiger partial charge on any atom is 0.243 e. The molecule has 3 heterocycles. The van der Waals surface area contributed by atoms with E-state index in [9.17, 15) is 8.42 Å². The predicted molar refractivity (Wildman–Crippen MR) is 143 cm³/mol. The van der Waals surface area contributed by atoms with Crippen molar-refractivity contribution in [2.45, 2.75) is 4.90 Å². The monoisotopic (exact) mass is 531 g/mol. The summed E-state index contributed by atoms with van der Waals surface area (Å²) in [6, 6.07) is 25.4. The topological polar surface area (TPSA) is 92.4 Å². The second-order valence-electron chi connectivity index (χ2n) is 8.62. The third-order valence-corrected chi connectivity index (χ3v) is 8.44. The fourth-order valence-corrected chi connectivity index (χ4v) is 5.91. The highest BCUT2D eigenvalue weighted by Gasteiger charge is 2.30. The van der Waals surface area contributed by atoms with Gasteiger partial charge in [-0.05, 0) is 48.5 Å². The Morgan fingerprint density at radius 2 is 1.38 bits per heavy atom. The van der Waals surface area contributed by atoms with Crippen LogP contribution in [0.25, 0.3) is 34.1 Å². The molecule has 0 aliphatic carbocycles. The number of benzene rings is 3. The van der Waals surface area contributed by atoms with E-state index in [2.05, 4.69) is 9.97 Å². The minimum Gasteiger partial charge on any atom is -0.430 e. The van der Waals surface area contributed by atoms with E-state index in [0.29, 0.717) is 64.9 Å². The van der Waals surface area contributed by atoms with Gasteiger partial charge in [-0.15, -0.1) is 0 Å². The van der Waals surface area contributed by atoms with Gasteiger partial charge in [-0.2, -0.15) is 9.29 Å². The number of hydrogen-bond donors (Lipinski definition) is 0. The molecule has 0 N–H and O–H groups in total. The second kappa shape index (κ2) is 9.59. The predicted octanol–water partition coefficient (Wildman–Crippen LogP) is 5.12. The Kier molecular flexibility index (Phi) is 6.11. The van der Waals surface area contributed by atoms with Gasteiger partial charge in [0.05, 0.1) is 4.90 Å². The zero-order chi connectivity index (χ0) is 25.4. The van der Waals surface area contributed by atoms with Crippen molar-refractivity contribution in [3.8, 4) is 22.8 Å². The van der Waals surface area contributed by atoms with Gasteiger partial charge >= 0.3 is 0 Å². The molecule has 0 saturated carbocycles. The van der Waals surface area contributed by atoms with Crippen molar-refractivity contribution in [2.24, 2.45) is 0 Å². The summed E-state index contributed by atoms with van der Waals surface area (Å²) in [5.74, 6) is 1.53. The van der Waals surface area contributed by atoms with Gasteiger partial charge in [-0.1, -0.05) is 48.0 Å². The van der Waals surface area contributed by atoms with Crippen LogP contribution < -0.4 is 4.90 Å². The van der Waals surface area contributed by atoms with Crippen molar-refractivity contribution in [3.63, 3.8) is 0 Å². The van der Waals surface area contributed by atoms with Gasteiger partial charge in [0, 0.05) is 42.3 Å². The van der Waals surface area contributed by atoms with E-state index in [0.717, 1.165) is 11.1 Å². The van der Waals surface area contributed by atoms with Crippen LogP contribution in [0.2, 0.25) is 5.02 Å². The molecule has 1 fully saturated rings. The van der Waals surface area contributed by atoms with Crippen LogP contribution in [0, 0.1) is 0 Å². The summed E-state index contributed by atoms with van der Waals surface area (Å²) in [4.78, 5) is 16.5. The SMILES string of the molecule is O=S(=O)(c1ccccc1)N1CCN(c2nc(-c3ccc(Cl)cc3)nc3nc(-c4ccccc4)oc23)CC1. The number of aromatic nitrogens is 3. The van der Waals surface area contributed by atoms with Crippen LogP contribution in [0.1, 0.15) is 0 Å². The molecule has 8 nitrogen and oxygen atoms in total. The quantitative estimate of drug-likeness (QED) is 0.311. The molecule has 37 heavy (non-hydrogen) atoms. The molecule has 1 saturated heterocycles. The normalized spacial score (nSPS) is 14.8. The number of piperazine rings is 1. The van der Waals surface area contributed by atoms with Crippen LogP contribution in [-0.4, -0.2) is 53.9 Å². The average molecular weight is 532 g/mol. The first kappa shape index (κ1) is 23.6. The fraction of sp³-hybridized carbons (Fsp3) is 0.148. The lowest BCUT2D eigenvalue weighted by molar-refractivity contribution is 0.383. The minimum atomic E-state index is -3.57. The minimum absolute atomic E-state index is 0.292. The summed E-state index contributed by atoms with van der Waals surface area (Å²) in [6.45, 7) is 1.52.